The van der Waals surface area contributed by atoms with E-state index in [4.69, 9.17) is 4.74 Å². The van der Waals surface area contributed by atoms with Crippen LogP contribution in [0.1, 0.15) is 16.1 Å². The lowest BCUT2D eigenvalue weighted by Crippen LogP contribution is -2.48. The number of carbonyl (C=O) groups excluding carboxylic acids is 1. The number of rotatable bonds is 4. The molecule has 4 rings (SSSR count). The Morgan fingerprint density at radius 1 is 0.964 bits per heavy atom. The number of piperazine rings is 1. The summed E-state index contributed by atoms with van der Waals surface area (Å²) in [6.07, 6.45) is 0. The minimum atomic E-state index is 0.146. The van der Waals surface area contributed by atoms with Crippen molar-refractivity contribution in [1.29, 1.82) is 0 Å². The predicted octanol–water partition coefficient (Wildman–Crippen LogP) is 3.73. The smallest absolute Gasteiger partial charge is 0.245 e. The van der Waals surface area contributed by atoms with Crippen LogP contribution in [0.2, 0.25) is 0 Å². The first-order chi connectivity index (χ1) is 13.6. The van der Waals surface area contributed by atoms with Gasteiger partial charge in [-0.15, -0.1) is 0 Å². The van der Waals surface area contributed by atoms with Gasteiger partial charge in [-0.3, -0.25) is 14.3 Å². The monoisotopic (exact) mass is 377 g/mol. The molecule has 0 aliphatic carbocycles. The molecule has 0 unspecified atom stereocenters. The van der Waals surface area contributed by atoms with Crippen molar-refractivity contribution < 1.29 is 9.53 Å². The van der Waals surface area contributed by atoms with Gasteiger partial charge in [0.25, 0.3) is 0 Å². The highest BCUT2D eigenvalue weighted by atomic mass is 16.5. The molecule has 1 aliphatic heterocycles. The third-order valence-corrected chi connectivity index (χ3v) is 5.83. The number of fused-ring (bicyclic) bond motifs is 1. The molecular weight excluding hydrogens is 350 g/mol. The van der Waals surface area contributed by atoms with Gasteiger partial charge in [0.2, 0.25) is 5.91 Å². The van der Waals surface area contributed by atoms with Crippen molar-refractivity contribution in [2.45, 2.75) is 13.8 Å². The van der Waals surface area contributed by atoms with E-state index in [1.54, 1.807) is 7.11 Å². The normalized spacial score (nSPS) is 15.2. The molecule has 0 spiro atoms. The summed E-state index contributed by atoms with van der Waals surface area (Å²) in [6, 6.07) is 16.3. The lowest BCUT2D eigenvalue weighted by Gasteiger charge is -2.36. The molecule has 146 valence electrons. The first-order valence-electron chi connectivity index (χ1n) is 9.80. The summed E-state index contributed by atoms with van der Waals surface area (Å²) in [7, 11) is 1.71. The molecule has 5 nitrogen and oxygen atoms in total. The summed E-state index contributed by atoms with van der Waals surface area (Å²) in [5.74, 6) is 1.05. The lowest BCUT2D eigenvalue weighted by atomic mass is 10.2. The Kier molecular flexibility index (Phi) is 5.09. The van der Waals surface area contributed by atoms with E-state index in [-0.39, 0.29) is 5.91 Å². The highest BCUT2D eigenvalue weighted by Crippen LogP contribution is 2.28. The Bertz CT molecular complexity index is 1000. The van der Waals surface area contributed by atoms with Gasteiger partial charge in [-0.1, -0.05) is 30.3 Å². The van der Waals surface area contributed by atoms with Gasteiger partial charge < -0.3 is 9.64 Å². The van der Waals surface area contributed by atoms with Crippen LogP contribution in [0.4, 0.5) is 5.69 Å². The number of nitrogens with zero attached hydrogens (tertiary/aromatic N) is 3. The SMILES string of the molecule is COc1ccccc1N1CCN(CC(=O)n2c(C)c(C)c3ccccc32)CC1. The Hall–Kier alpha value is -2.79. The average Bonchev–Trinajstić information content (AvgIpc) is 2.99. The van der Waals surface area contributed by atoms with Crippen LogP contribution in [0.3, 0.4) is 0 Å². The summed E-state index contributed by atoms with van der Waals surface area (Å²) in [5.41, 5.74) is 4.36. The summed E-state index contributed by atoms with van der Waals surface area (Å²) in [4.78, 5) is 17.7. The Morgan fingerprint density at radius 3 is 2.39 bits per heavy atom. The molecule has 3 aromatic rings. The molecule has 1 fully saturated rings. The van der Waals surface area contributed by atoms with Crippen molar-refractivity contribution in [1.82, 2.24) is 9.47 Å². The fraction of sp³-hybridized carbons (Fsp3) is 0.348. The predicted molar refractivity (Wildman–Crippen MR) is 114 cm³/mol. The molecule has 1 saturated heterocycles. The second kappa shape index (κ2) is 7.68. The van der Waals surface area contributed by atoms with Gasteiger partial charge in [0, 0.05) is 37.3 Å². The number of aromatic nitrogens is 1. The maximum absolute atomic E-state index is 13.1. The highest BCUT2D eigenvalue weighted by molar-refractivity contribution is 5.96. The molecule has 1 aliphatic rings. The first-order valence-corrected chi connectivity index (χ1v) is 9.80. The molecule has 5 heteroatoms. The van der Waals surface area contributed by atoms with Gasteiger partial charge in [-0.05, 0) is 37.6 Å². The number of carbonyl (C=O) groups is 1. The van der Waals surface area contributed by atoms with E-state index in [2.05, 4.69) is 28.9 Å². The molecule has 0 amide bonds. The number of para-hydroxylation sites is 3. The molecule has 0 bridgehead atoms. The number of methoxy groups -OCH3 is 1. The van der Waals surface area contributed by atoms with Gasteiger partial charge >= 0.3 is 0 Å². The van der Waals surface area contributed by atoms with E-state index in [0.717, 1.165) is 54.2 Å². The van der Waals surface area contributed by atoms with E-state index in [0.29, 0.717) is 6.54 Å². The third kappa shape index (κ3) is 3.27. The summed E-state index contributed by atoms with van der Waals surface area (Å²) < 4.78 is 7.38. The number of anilines is 1. The van der Waals surface area contributed by atoms with Crippen LogP contribution in [-0.4, -0.2) is 55.2 Å². The number of aryl methyl sites for hydroxylation is 1. The molecule has 1 aromatic heterocycles. The van der Waals surface area contributed by atoms with Crippen LogP contribution >= 0.6 is 0 Å². The van der Waals surface area contributed by atoms with E-state index < -0.39 is 0 Å². The van der Waals surface area contributed by atoms with Crippen molar-refractivity contribution in [3.05, 3.63) is 59.8 Å². The van der Waals surface area contributed by atoms with Crippen LogP contribution in [-0.2, 0) is 0 Å². The van der Waals surface area contributed by atoms with E-state index in [9.17, 15) is 4.79 Å². The highest BCUT2D eigenvalue weighted by Gasteiger charge is 2.23. The largest absolute Gasteiger partial charge is 0.495 e. The number of hydrogen-bond acceptors (Lipinski definition) is 4. The quantitative estimate of drug-likeness (QED) is 0.694. The summed E-state index contributed by atoms with van der Waals surface area (Å²) >= 11 is 0. The van der Waals surface area contributed by atoms with Gasteiger partial charge in [-0.25, -0.2) is 0 Å². The van der Waals surface area contributed by atoms with E-state index in [1.807, 2.05) is 47.9 Å². The molecule has 2 heterocycles. The zero-order valence-electron chi connectivity index (χ0n) is 16.8. The second-order valence-electron chi connectivity index (χ2n) is 7.39. The van der Waals surface area contributed by atoms with Crippen molar-refractivity contribution in [2.24, 2.45) is 0 Å². The number of benzene rings is 2. The minimum absolute atomic E-state index is 0.146. The Morgan fingerprint density at radius 2 is 1.64 bits per heavy atom. The van der Waals surface area contributed by atoms with Crippen molar-refractivity contribution >= 4 is 22.5 Å². The van der Waals surface area contributed by atoms with Crippen molar-refractivity contribution in [3.63, 3.8) is 0 Å². The molecule has 0 atom stereocenters. The third-order valence-electron chi connectivity index (χ3n) is 5.83. The molecule has 0 saturated carbocycles. The standard InChI is InChI=1S/C23H27N3O2/c1-17-18(2)26(20-9-5-4-8-19(17)20)23(27)16-24-12-14-25(15-13-24)21-10-6-7-11-22(21)28-3/h4-11H,12-16H2,1-3H3. The van der Waals surface area contributed by atoms with Gasteiger partial charge in [0.1, 0.15) is 5.75 Å². The van der Waals surface area contributed by atoms with Crippen molar-refractivity contribution in [2.75, 3.05) is 44.7 Å². The van der Waals surface area contributed by atoms with Gasteiger partial charge in [0.15, 0.2) is 0 Å². The maximum atomic E-state index is 13.1. The summed E-state index contributed by atoms with van der Waals surface area (Å²) in [5, 5.41) is 1.16. The molecule has 0 radical (unpaired) electrons. The zero-order chi connectivity index (χ0) is 19.7. The number of ether oxygens (including phenoxy) is 1. The van der Waals surface area contributed by atoms with E-state index in [1.165, 1.54) is 5.56 Å². The van der Waals surface area contributed by atoms with Gasteiger partial charge in [-0.2, -0.15) is 0 Å². The topological polar surface area (TPSA) is 37.7 Å². The minimum Gasteiger partial charge on any atom is -0.495 e. The number of hydrogen-bond donors (Lipinski definition) is 0. The Labute approximate surface area is 166 Å². The molecule has 0 N–H and O–H groups in total. The van der Waals surface area contributed by atoms with Gasteiger partial charge in [0.05, 0.1) is 24.9 Å². The Balaban J connectivity index is 1.46. The zero-order valence-corrected chi connectivity index (χ0v) is 16.8. The van der Waals surface area contributed by atoms with Crippen molar-refractivity contribution in [3.8, 4) is 5.75 Å². The van der Waals surface area contributed by atoms with Crippen LogP contribution < -0.4 is 9.64 Å². The van der Waals surface area contributed by atoms with Crippen LogP contribution in [0.15, 0.2) is 48.5 Å². The summed E-state index contributed by atoms with van der Waals surface area (Å²) in [6.45, 7) is 8.07. The van der Waals surface area contributed by atoms with Crippen LogP contribution in [0.5, 0.6) is 5.75 Å². The lowest BCUT2D eigenvalue weighted by molar-refractivity contribution is 0.0847. The fourth-order valence-electron chi connectivity index (χ4n) is 4.15. The molecular formula is C23H27N3O2. The maximum Gasteiger partial charge on any atom is 0.245 e. The van der Waals surface area contributed by atoms with E-state index >= 15 is 0 Å². The van der Waals surface area contributed by atoms with Crippen LogP contribution in [0.25, 0.3) is 10.9 Å². The van der Waals surface area contributed by atoms with Crippen LogP contribution in [0, 0.1) is 13.8 Å². The molecule has 28 heavy (non-hydrogen) atoms. The first kappa shape index (κ1) is 18.6. The average molecular weight is 377 g/mol. The fourth-order valence-corrected chi connectivity index (χ4v) is 4.15. The second-order valence-corrected chi connectivity index (χ2v) is 7.39. The molecule has 2 aromatic carbocycles.